The maximum atomic E-state index is 8.56. The number of nitrogens with zero attached hydrogens (tertiary/aromatic N) is 6. The SMILES string of the molecule is CC(O)CC(C)O.CC(O)CC(C)O.CC(O)CC(C)O.Cc1ccc(-c2c[c-]c(-c3nnc(-c4ccc(-c5ccc(C)cc5)cc4)o3)cc2)cc1.[Ir].[Ir].[Ir].[c-]1cc(-c2ccccc2)ccc1-c1nnc(-c2ccc(-c3ccccc3)cc2)o1.[c-]1cccc(-c2ccccc2)c1-c1nnc(-c2ccccc2-c2ccccc2)o1. The molecule has 15 nitrogen and oxygen atoms in total. The standard InChI is InChI=1S/C28H21N2O.2C26H17N2O.3C5H12O2.3Ir/c1-19-3-7-21(8-4-19)23-11-15-25(16-12-23)27-29-30-28(31-27)26-17-13-24(14-18-26)22-9-5-20(2)6-10-22;1-3-11-19(12-4-1)21-15-7-9-17-23(21)25-27-28-26(29-25)24-18-10-8-16-22(24)20-13-5-2-6-14-20;1-3-7-19(8-4-1)21-11-15-23(16-12-21)25-27-28-26(29-25)24-17-13-22(14-18-24)20-9-5-2-6-10-20;3*1-4(6)3-5(2)7;;;/h3-17H,1-2H3;2*1-17H;3*4-7H,3H2,1-2H3;;;/q3*-1;;;;;;. The molecular weight excluding hydrogens is 1950 g/mol. The van der Waals surface area contributed by atoms with Crippen LogP contribution in [0.2, 0.25) is 0 Å². The number of rotatable bonds is 18. The largest absolute Gasteiger partial charge is 0.464 e. The van der Waals surface area contributed by atoms with Crippen LogP contribution in [0.4, 0.5) is 0 Å². The third-order valence-electron chi connectivity index (χ3n) is 17.1. The molecular formula is C95H91Ir3N6O9-3. The van der Waals surface area contributed by atoms with E-state index < -0.39 is 0 Å². The number of aromatic nitrogens is 6. The van der Waals surface area contributed by atoms with Gasteiger partial charge in [0, 0.05) is 77.0 Å². The number of aliphatic hydroxyl groups is 6. The molecule has 6 unspecified atom stereocenters. The number of aryl methyl sites for hydroxylation is 2. The van der Waals surface area contributed by atoms with E-state index in [1.807, 2.05) is 164 Å². The molecule has 6 atom stereocenters. The summed E-state index contributed by atoms with van der Waals surface area (Å²) in [6, 6.07) is 110. The third kappa shape index (κ3) is 27.8. The normalized spacial score (nSPS) is 12.0. The number of benzene rings is 12. The molecule has 12 aromatic carbocycles. The smallest absolute Gasteiger partial charge is 0.238 e. The van der Waals surface area contributed by atoms with Crippen LogP contribution in [-0.2, 0) is 60.3 Å². The number of aliphatic hydroxyl groups excluding tert-OH is 6. The van der Waals surface area contributed by atoms with Crippen molar-refractivity contribution in [3.63, 3.8) is 0 Å². The maximum absolute atomic E-state index is 8.56. The molecule has 0 spiro atoms. The first kappa shape index (κ1) is 90.0. The van der Waals surface area contributed by atoms with E-state index in [9.17, 15) is 0 Å². The van der Waals surface area contributed by atoms with Crippen LogP contribution in [0.3, 0.4) is 0 Å². The fourth-order valence-corrected chi connectivity index (χ4v) is 11.7. The van der Waals surface area contributed by atoms with Gasteiger partial charge in [-0.05, 0) is 138 Å². The third-order valence-corrected chi connectivity index (χ3v) is 17.1. The quantitative estimate of drug-likeness (QED) is 0.0438. The Morgan fingerprint density at radius 3 is 0.876 bits per heavy atom. The van der Waals surface area contributed by atoms with E-state index in [0.29, 0.717) is 54.6 Å². The molecule has 0 saturated heterocycles. The Hall–Kier alpha value is -10.2. The molecule has 0 fully saturated rings. The Bertz CT molecular complexity index is 4820. The summed E-state index contributed by atoms with van der Waals surface area (Å²) in [5, 5.41) is 76.9. The Balaban J connectivity index is 0.000000206. The van der Waals surface area contributed by atoms with Crippen LogP contribution in [0.25, 0.3) is 135 Å². The van der Waals surface area contributed by atoms with Crippen molar-refractivity contribution >= 4 is 0 Å². The minimum atomic E-state index is -0.375. The molecule has 3 heterocycles. The van der Waals surface area contributed by atoms with E-state index >= 15 is 0 Å². The molecule has 0 bridgehead atoms. The average Bonchev–Trinajstić information content (AvgIpc) is 1.70. The van der Waals surface area contributed by atoms with E-state index in [-0.39, 0.29) is 96.9 Å². The molecule has 3 radical (unpaired) electrons. The van der Waals surface area contributed by atoms with E-state index in [1.165, 1.54) is 22.3 Å². The number of hydrogen-bond donors (Lipinski definition) is 6. The molecule has 0 saturated carbocycles. The van der Waals surface area contributed by atoms with E-state index in [4.69, 9.17) is 43.9 Å². The summed E-state index contributed by atoms with van der Waals surface area (Å²) >= 11 is 0. The zero-order chi connectivity index (χ0) is 77.7. The Labute approximate surface area is 702 Å². The zero-order valence-electron chi connectivity index (χ0n) is 64.0. The van der Waals surface area contributed by atoms with Crippen molar-refractivity contribution in [3.8, 4) is 135 Å². The molecule has 18 heteroatoms. The molecule has 6 N–H and O–H groups in total. The van der Waals surface area contributed by atoms with Gasteiger partial charge in [0.15, 0.2) is 17.7 Å². The summed E-state index contributed by atoms with van der Waals surface area (Å²) in [5.41, 5.74) is 21.0. The van der Waals surface area contributed by atoms with Crippen LogP contribution >= 0.6 is 0 Å². The first-order valence-corrected chi connectivity index (χ1v) is 36.6. The topological polar surface area (TPSA) is 238 Å². The van der Waals surface area contributed by atoms with Crippen LogP contribution in [0.15, 0.2) is 311 Å². The van der Waals surface area contributed by atoms with Crippen molar-refractivity contribution in [2.75, 3.05) is 0 Å². The van der Waals surface area contributed by atoms with Crippen molar-refractivity contribution in [1.82, 2.24) is 30.6 Å². The predicted molar refractivity (Wildman–Crippen MR) is 438 cm³/mol. The molecule has 3 aromatic heterocycles. The van der Waals surface area contributed by atoms with Gasteiger partial charge in [0.25, 0.3) is 0 Å². The summed E-state index contributed by atoms with van der Waals surface area (Å²) in [4.78, 5) is 0. The summed E-state index contributed by atoms with van der Waals surface area (Å²) in [7, 11) is 0. The molecule has 15 rings (SSSR count). The average molecular weight is 2040 g/mol. The summed E-state index contributed by atoms with van der Waals surface area (Å²) in [6.45, 7) is 14.1. The zero-order valence-corrected chi connectivity index (χ0v) is 71.2. The predicted octanol–water partition coefficient (Wildman–Crippen LogP) is 20.6. The molecule has 113 heavy (non-hydrogen) atoms. The maximum Gasteiger partial charge on any atom is 0.238 e. The van der Waals surface area contributed by atoms with Crippen LogP contribution in [0.1, 0.15) is 71.9 Å². The molecule has 585 valence electrons. The van der Waals surface area contributed by atoms with Gasteiger partial charge in [0.2, 0.25) is 17.7 Å². The molecule has 0 aliphatic carbocycles. The van der Waals surface area contributed by atoms with Gasteiger partial charge in [-0.25, -0.2) is 0 Å². The molecule has 0 aliphatic heterocycles. The first-order valence-electron chi connectivity index (χ1n) is 36.6. The van der Waals surface area contributed by atoms with E-state index in [0.717, 1.165) is 89.0 Å². The van der Waals surface area contributed by atoms with Crippen LogP contribution in [-0.4, -0.2) is 97.9 Å². The monoisotopic (exact) mass is 2040 g/mol. The van der Waals surface area contributed by atoms with Crippen molar-refractivity contribution in [3.05, 3.63) is 327 Å². The van der Waals surface area contributed by atoms with Gasteiger partial charge in [-0.1, -0.05) is 274 Å². The van der Waals surface area contributed by atoms with Gasteiger partial charge >= 0.3 is 0 Å². The van der Waals surface area contributed by atoms with Crippen molar-refractivity contribution in [2.45, 2.75) is 111 Å². The van der Waals surface area contributed by atoms with Gasteiger partial charge in [-0.2, -0.15) is 15.3 Å². The number of hydrogen-bond acceptors (Lipinski definition) is 15. The second-order valence-electron chi connectivity index (χ2n) is 26.9. The Morgan fingerprint density at radius 1 is 0.248 bits per heavy atom. The molecule has 0 aliphatic rings. The van der Waals surface area contributed by atoms with E-state index in [2.05, 4.69) is 196 Å². The van der Waals surface area contributed by atoms with Gasteiger partial charge < -0.3 is 43.9 Å². The van der Waals surface area contributed by atoms with Gasteiger partial charge in [-0.3, -0.25) is 0 Å². The first-order chi connectivity index (χ1) is 53.3. The van der Waals surface area contributed by atoms with Crippen LogP contribution < -0.4 is 0 Å². The summed E-state index contributed by atoms with van der Waals surface area (Å²) in [5.74, 6) is 2.89. The van der Waals surface area contributed by atoms with Crippen molar-refractivity contribution in [1.29, 1.82) is 0 Å². The van der Waals surface area contributed by atoms with Gasteiger partial charge in [0.1, 0.15) is 0 Å². The fourth-order valence-electron chi connectivity index (χ4n) is 11.7. The Kier molecular flexibility index (Phi) is 36.7. The van der Waals surface area contributed by atoms with Gasteiger partial charge in [-0.15, -0.1) is 88.1 Å². The van der Waals surface area contributed by atoms with Crippen LogP contribution in [0.5, 0.6) is 0 Å². The second-order valence-corrected chi connectivity index (χ2v) is 26.9. The fraction of sp³-hybridized carbons (Fsp3) is 0.179. The minimum absolute atomic E-state index is 0. The Morgan fingerprint density at radius 2 is 0.513 bits per heavy atom. The van der Waals surface area contributed by atoms with Gasteiger partial charge in [0.05, 0.1) is 36.6 Å². The molecule has 0 amide bonds. The molecule has 15 aromatic rings. The summed E-state index contributed by atoms with van der Waals surface area (Å²) < 4.78 is 17.9. The van der Waals surface area contributed by atoms with Crippen LogP contribution in [0, 0.1) is 32.0 Å². The van der Waals surface area contributed by atoms with Crippen molar-refractivity contribution < 1.29 is 104 Å². The second kappa shape index (κ2) is 46.1. The summed E-state index contributed by atoms with van der Waals surface area (Å²) in [6.07, 6.45) is -0.833. The van der Waals surface area contributed by atoms with E-state index in [1.54, 1.807) is 41.5 Å². The minimum Gasteiger partial charge on any atom is -0.464 e. The van der Waals surface area contributed by atoms with Crippen molar-refractivity contribution in [2.24, 2.45) is 0 Å².